The molecule has 1 N–H and O–H groups in total. The lowest BCUT2D eigenvalue weighted by Gasteiger charge is -2.14. The van der Waals surface area contributed by atoms with Crippen molar-refractivity contribution in [1.82, 2.24) is 5.32 Å². The second kappa shape index (κ2) is 11.5. The van der Waals surface area contributed by atoms with Gasteiger partial charge in [-0.2, -0.15) is 0 Å². The summed E-state index contributed by atoms with van der Waals surface area (Å²) in [7, 11) is -1.78. The van der Waals surface area contributed by atoms with E-state index in [1.807, 2.05) is 31.4 Å². The van der Waals surface area contributed by atoms with Gasteiger partial charge in [0.2, 0.25) is 5.91 Å². The summed E-state index contributed by atoms with van der Waals surface area (Å²) in [5, 5.41) is 7.02. The van der Waals surface area contributed by atoms with E-state index >= 15 is 0 Å². The highest BCUT2D eigenvalue weighted by Crippen LogP contribution is 2.28. The monoisotopic (exact) mass is 458 g/mol. The Bertz CT molecular complexity index is 936. The molecule has 4 nitrogen and oxygen atoms in total. The highest BCUT2D eigenvalue weighted by Gasteiger charge is 2.24. The summed E-state index contributed by atoms with van der Waals surface area (Å²) in [5.41, 5.74) is 2.49. The molecule has 2 atom stereocenters. The van der Waals surface area contributed by atoms with Gasteiger partial charge in [-0.25, -0.2) is 0 Å². The Hall–Kier alpha value is -1.85. The lowest BCUT2D eigenvalue weighted by molar-refractivity contribution is -0.156. The largest absolute Gasteiger partial charge is 0.612 e. The molecule has 0 saturated heterocycles. The number of hydrogen-bond donors (Lipinski definition) is 1. The first kappa shape index (κ1) is 22.8. The number of carbonyl (C=O) groups is 1. The minimum Gasteiger partial charge on any atom is -0.612 e. The number of nitrogens with one attached hydrogen (secondary N) is 1. The number of nitrogens with zero attached hydrogens (tertiary/aromatic N) is 1. The molecule has 30 heavy (non-hydrogen) atoms. The van der Waals surface area contributed by atoms with Gasteiger partial charge in [-0.15, -0.1) is 22.7 Å². The van der Waals surface area contributed by atoms with Gasteiger partial charge in [0.15, 0.2) is 20.1 Å². The number of aryl methyl sites for hydroxylation is 1. The van der Waals surface area contributed by atoms with Crippen LogP contribution in [0.5, 0.6) is 0 Å². The van der Waals surface area contributed by atoms with Gasteiger partial charge in [-0.05, 0) is 52.8 Å². The minimum absolute atomic E-state index is 0.0112. The molecule has 1 unspecified atom stereocenters. The Labute approximate surface area is 187 Å². The van der Waals surface area contributed by atoms with Crippen molar-refractivity contribution in [2.24, 2.45) is 10.7 Å². The number of benzene rings is 1. The molecule has 0 aliphatic heterocycles. The molecular weight excluding hydrogens is 431 g/mol. The van der Waals surface area contributed by atoms with Crippen molar-refractivity contribution < 1.29 is 9.69 Å². The average molecular weight is 459 g/mol. The fourth-order valence-corrected chi connectivity index (χ4v) is 6.05. The standard InChI is InChI=1S/C23H27N2O2PS2/c1-17(2)22(25-28(27)16-20-7-4-14-29-20)23(26)24-13-3-6-18-9-11-19(12-10-18)21-8-5-15-30-21/h4-5,7-12,14-15,17,22H,3,6,13,16H2,1-2H3,(H,24,26)/t22-/m0/s1. The highest BCUT2D eigenvalue weighted by molar-refractivity contribution is 7.39. The molecule has 0 aliphatic rings. The van der Waals surface area contributed by atoms with Gasteiger partial charge in [-0.3, -0.25) is 4.79 Å². The molecule has 1 aromatic carbocycles. The van der Waals surface area contributed by atoms with Crippen molar-refractivity contribution in [2.75, 3.05) is 6.54 Å². The minimum atomic E-state index is -1.78. The quantitative estimate of drug-likeness (QED) is 0.313. The van der Waals surface area contributed by atoms with Gasteiger partial charge < -0.3 is 10.2 Å². The SMILES string of the molecule is CC(C)[C@H](N=[P+]([O-])Cc1cccs1)C(=O)NCCCc1ccc(-c2cccs2)cc1. The van der Waals surface area contributed by atoms with E-state index in [4.69, 9.17) is 0 Å². The zero-order valence-corrected chi connectivity index (χ0v) is 19.8. The van der Waals surface area contributed by atoms with E-state index in [-0.39, 0.29) is 11.8 Å². The third kappa shape index (κ3) is 6.85. The van der Waals surface area contributed by atoms with Crippen molar-refractivity contribution in [1.29, 1.82) is 0 Å². The van der Waals surface area contributed by atoms with Crippen LogP contribution in [0.2, 0.25) is 0 Å². The van der Waals surface area contributed by atoms with Crippen LogP contribution in [0.15, 0.2) is 64.0 Å². The van der Waals surface area contributed by atoms with E-state index in [1.54, 1.807) is 22.7 Å². The molecule has 0 spiro atoms. The van der Waals surface area contributed by atoms with E-state index < -0.39 is 14.0 Å². The van der Waals surface area contributed by atoms with Crippen LogP contribution < -0.4 is 10.2 Å². The van der Waals surface area contributed by atoms with Gasteiger partial charge in [0.25, 0.3) is 0 Å². The molecule has 1 amide bonds. The number of carbonyl (C=O) groups excluding carboxylic acids is 1. The van der Waals surface area contributed by atoms with Gasteiger partial charge in [-0.1, -0.05) is 55.0 Å². The Morgan fingerprint density at radius 2 is 1.83 bits per heavy atom. The third-order valence-electron chi connectivity index (χ3n) is 4.73. The Morgan fingerprint density at radius 1 is 1.10 bits per heavy atom. The molecule has 0 bridgehead atoms. The summed E-state index contributed by atoms with van der Waals surface area (Å²) in [5.74, 6) is -0.121. The van der Waals surface area contributed by atoms with Gasteiger partial charge in [0, 0.05) is 11.4 Å². The second-order valence-electron chi connectivity index (χ2n) is 7.46. The van der Waals surface area contributed by atoms with Crippen LogP contribution in [0.25, 0.3) is 10.4 Å². The van der Waals surface area contributed by atoms with Gasteiger partial charge >= 0.3 is 0 Å². The van der Waals surface area contributed by atoms with Gasteiger partial charge in [0.05, 0.1) is 4.88 Å². The molecule has 0 saturated carbocycles. The predicted molar refractivity (Wildman–Crippen MR) is 127 cm³/mol. The van der Waals surface area contributed by atoms with Crippen LogP contribution >= 0.6 is 30.6 Å². The first-order chi connectivity index (χ1) is 14.5. The zero-order valence-electron chi connectivity index (χ0n) is 17.3. The number of thiophene rings is 2. The predicted octanol–water partition coefficient (Wildman–Crippen LogP) is 5.69. The molecule has 3 rings (SSSR count). The third-order valence-corrected chi connectivity index (χ3v) is 7.85. The normalized spacial score (nSPS) is 12.9. The molecule has 2 aromatic heterocycles. The van der Waals surface area contributed by atoms with Crippen LogP contribution in [0.3, 0.4) is 0 Å². The molecule has 3 aromatic rings. The summed E-state index contributed by atoms with van der Waals surface area (Å²) in [6, 6.07) is 16.1. The molecule has 158 valence electrons. The van der Waals surface area contributed by atoms with Crippen LogP contribution in [0, 0.1) is 5.92 Å². The Morgan fingerprint density at radius 3 is 2.47 bits per heavy atom. The summed E-state index contributed by atoms with van der Waals surface area (Å²) in [6.45, 7) is 4.47. The smallest absolute Gasteiger partial charge is 0.249 e. The van der Waals surface area contributed by atoms with Crippen LogP contribution in [-0.4, -0.2) is 18.5 Å². The summed E-state index contributed by atoms with van der Waals surface area (Å²) in [6.07, 6.45) is 2.17. The van der Waals surface area contributed by atoms with Crippen LogP contribution in [-0.2, 0) is 17.4 Å². The molecule has 2 heterocycles. The molecule has 0 radical (unpaired) electrons. The summed E-state index contributed by atoms with van der Waals surface area (Å²) >= 11 is 3.31. The first-order valence-electron chi connectivity index (χ1n) is 10.1. The van der Waals surface area contributed by atoms with E-state index in [2.05, 4.69) is 51.8 Å². The van der Waals surface area contributed by atoms with Crippen molar-refractivity contribution >= 4 is 36.5 Å². The topological polar surface area (TPSA) is 64.5 Å². The number of amides is 1. The summed E-state index contributed by atoms with van der Waals surface area (Å²) in [4.78, 5) is 27.3. The van der Waals surface area contributed by atoms with Crippen molar-refractivity contribution in [2.45, 2.75) is 38.9 Å². The maximum Gasteiger partial charge on any atom is 0.249 e. The maximum absolute atomic E-state index is 12.6. The fourth-order valence-electron chi connectivity index (χ4n) is 3.09. The van der Waals surface area contributed by atoms with Gasteiger partial charge in [0.1, 0.15) is 0 Å². The Kier molecular flexibility index (Phi) is 8.76. The van der Waals surface area contributed by atoms with E-state index in [9.17, 15) is 9.69 Å². The van der Waals surface area contributed by atoms with Crippen LogP contribution in [0.4, 0.5) is 0 Å². The van der Waals surface area contributed by atoms with Crippen molar-refractivity contribution in [3.05, 3.63) is 69.7 Å². The van der Waals surface area contributed by atoms with E-state index in [0.717, 1.165) is 17.7 Å². The second-order valence-corrected chi connectivity index (χ2v) is 10.7. The molecule has 7 heteroatoms. The Balaban J connectivity index is 1.46. The van der Waals surface area contributed by atoms with Crippen molar-refractivity contribution in [3.63, 3.8) is 0 Å². The zero-order chi connectivity index (χ0) is 21.3. The lowest BCUT2D eigenvalue weighted by atomic mass is 10.0. The first-order valence-corrected chi connectivity index (χ1v) is 13.3. The maximum atomic E-state index is 12.6. The number of hydrogen-bond acceptors (Lipinski definition) is 5. The lowest BCUT2D eigenvalue weighted by Crippen LogP contribution is -2.37. The summed E-state index contributed by atoms with van der Waals surface area (Å²) < 4.78 is 4.33. The highest BCUT2D eigenvalue weighted by atomic mass is 32.1. The van der Waals surface area contributed by atoms with Crippen molar-refractivity contribution in [3.8, 4) is 10.4 Å². The average Bonchev–Trinajstić information content (AvgIpc) is 3.44. The molecular formula is C23H27N2O2PS2. The van der Waals surface area contributed by atoms with Crippen LogP contribution in [0.1, 0.15) is 30.7 Å². The van der Waals surface area contributed by atoms with E-state index in [1.165, 1.54) is 16.0 Å². The van der Waals surface area contributed by atoms with E-state index in [0.29, 0.717) is 12.7 Å². The fraction of sp³-hybridized carbons (Fsp3) is 0.348. The number of rotatable bonds is 10. The molecule has 0 fully saturated rings. The molecule has 0 aliphatic carbocycles.